The Morgan fingerprint density at radius 3 is 2.31 bits per heavy atom. The van der Waals surface area contributed by atoms with Gasteiger partial charge in [0, 0.05) is 19.6 Å². The van der Waals surface area contributed by atoms with Gasteiger partial charge in [-0.1, -0.05) is 37.3 Å². The summed E-state index contributed by atoms with van der Waals surface area (Å²) in [5.41, 5.74) is 1.47. The van der Waals surface area contributed by atoms with Crippen LogP contribution in [0.3, 0.4) is 0 Å². The van der Waals surface area contributed by atoms with E-state index in [0.29, 0.717) is 0 Å². The van der Waals surface area contributed by atoms with E-state index in [-0.39, 0.29) is 0 Å². The van der Waals surface area contributed by atoms with Crippen molar-refractivity contribution in [3.05, 3.63) is 35.9 Å². The average molecular weight is 215 g/mol. The van der Waals surface area contributed by atoms with E-state index in [1.165, 1.54) is 31.5 Å². The van der Waals surface area contributed by atoms with Crippen LogP contribution in [0, 0.1) is 17.8 Å². The quantitative estimate of drug-likeness (QED) is 0.732. The molecule has 3 atom stereocenters. The minimum atomic E-state index is 0.975. The number of likely N-dealkylation sites (tertiary alicyclic amines) is 1. The summed E-state index contributed by atoms with van der Waals surface area (Å²) in [5, 5.41) is 0. The molecule has 0 N–H and O–H groups in total. The van der Waals surface area contributed by atoms with Gasteiger partial charge in [0.2, 0.25) is 0 Å². The van der Waals surface area contributed by atoms with Crippen molar-refractivity contribution in [1.82, 2.24) is 4.90 Å². The Labute approximate surface area is 98.5 Å². The number of benzene rings is 1. The van der Waals surface area contributed by atoms with E-state index in [0.717, 1.165) is 24.3 Å². The molecule has 0 amide bonds. The molecule has 86 valence electrons. The van der Waals surface area contributed by atoms with Gasteiger partial charge in [-0.25, -0.2) is 0 Å². The van der Waals surface area contributed by atoms with Crippen LogP contribution in [0.4, 0.5) is 0 Å². The largest absolute Gasteiger partial charge is 0.299 e. The molecule has 1 aliphatic heterocycles. The lowest BCUT2D eigenvalue weighted by atomic mass is 9.87. The van der Waals surface area contributed by atoms with Crippen molar-refractivity contribution in [3.8, 4) is 0 Å². The Balaban J connectivity index is 1.66. The van der Waals surface area contributed by atoms with Crippen LogP contribution in [0.5, 0.6) is 0 Å². The lowest BCUT2D eigenvalue weighted by Gasteiger charge is -2.36. The van der Waals surface area contributed by atoms with E-state index in [9.17, 15) is 0 Å². The normalized spacial score (nSPS) is 34.2. The number of hydrogen-bond donors (Lipinski definition) is 0. The topological polar surface area (TPSA) is 3.24 Å². The summed E-state index contributed by atoms with van der Waals surface area (Å²) in [4.78, 5) is 2.66. The molecule has 0 aromatic heterocycles. The second kappa shape index (κ2) is 4.21. The zero-order valence-corrected chi connectivity index (χ0v) is 10.1. The Hall–Kier alpha value is -0.820. The summed E-state index contributed by atoms with van der Waals surface area (Å²) < 4.78 is 0. The Bertz CT molecular complexity index is 332. The first-order valence-corrected chi connectivity index (χ1v) is 6.59. The van der Waals surface area contributed by atoms with Crippen LogP contribution in [-0.2, 0) is 6.54 Å². The van der Waals surface area contributed by atoms with E-state index < -0.39 is 0 Å². The molecule has 1 heteroatoms. The monoisotopic (exact) mass is 215 g/mol. The molecule has 1 aromatic carbocycles. The van der Waals surface area contributed by atoms with Gasteiger partial charge < -0.3 is 0 Å². The van der Waals surface area contributed by atoms with E-state index in [1.807, 2.05) is 0 Å². The summed E-state index contributed by atoms with van der Waals surface area (Å²) in [6.45, 7) is 6.27. The molecular weight excluding hydrogens is 194 g/mol. The van der Waals surface area contributed by atoms with Crippen molar-refractivity contribution < 1.29 is 0 Å². The van der Waals surface area contributed by atoms with Gasteiger partial charge in [0.05, 0.1) is 0 Å². The van der Waals surface area contributed by atoms with Gasteiger partial charge >= 0.3 is 0 Å². The molecule has 1 saturated carbocycles. The highest BCUT2D eigenvalue weighted by Crippen LogP contribution is 2.41. The third-order valence-electron chi connectivity index (χ3n) is 4.63. The highest BCUT2D eigenvalue weighted by Gasteiger charge is 2.38. The minimum absolute atomic E-state index is 0.975. The predicted molar refractivity (Wildman–Crippen MR) is 67.1 cm³/mol. The van der Waals surface area contributed by atoms with Gasteiger partial charge in [-0.2, -0.15) is 0 Å². The molecule has 2 bridgehead atoms. The van der Waals surface area contributed by atoms with Crippen molar-refractivity contribution in [2.75, 3.05) is 13.1 Å². The van der Waals surface area contributed by atoms with Crippen molar-refractivity contribution in [2.45, 2.75) is 26.3 Å². The summed E-state index contributed by atoms with van der Waals surface area (Å²) in [7, 11) is 0. The molecule has 16 heavy (non-hydrogen) atoms. The molecule has 2 fully saturated rings. The summed E-state index contributed by atoms with van der Waals surface area (Å²) in [6, 6.07) is 10.9. The number of nitrogens with zero attached hydrogens (tertiary/aromatic N) is 1. The van der Waals surface area contributed by atoms with Crippen molar-refractivity contribution >= 4 is 0 Å². The predicted octanol–water partition coefficient (Wildman–Crippen LogP) is 3.16. The minimum Gasteiger partial charge on any atom is -0.299 e. The van der Waals surface area contributed by atoms with E-state index >= 15 is 0 Å². The molecule has 1 saturated heterocycles. The van der Waals surface area contributed by atoms with Gasteiger partial charge in [0.1, 0.15) is 0 Å². The van der Waals surface area contributed by atoms with Gasteiger partial charge in [0.15, 0.2) is 0 Å². The van der Waals surface area contributed by atoms with Crippen LogP contribution in [0.1, 0.15) is 25.3 Å². The molecule has 0 spiro atoms. The Kier molecular flexibility index (Phi) is 2.72. The third kappa shape index (κ3) is 1.89. The molecule has 2 aliphatic rings. The fraction of sp³-hybridized carbons (Fsp3) is 0.600. The van der Waals surface area contributed by atoms with E-state index in [1.54, 1.807) is 0 Å². The molecule has 1 aromatic rings. The molecule has 1 heterocycles. The lowest BCUT2D eigenvalue weighted by molar-refractivity contribution is 0.113. The molecule has 1 nitrogen and oxygen atoms in total. The Morgan fingerprint density at radius 1 is 1.06 bits per heavy atom. The molecule has 1 aliphatic carbocycles. The number of piperidine rings is 1. The molecule has 3 rings (SSSR count). The number of rotatable bonds is 2. The van der Waals surface area contributed by atoms with Gasteiger partial charge in [-0.3, -0.25) is 4.90 Å². The summed E-state index contributed by atoms with van der Waals surface area (Å²) >= 11 is 0. The fourth-order valence-electron chi connectivity index (χ4n) is 3.56. The van der Waals surface area contributed by atoms with Crippen LogP contribution < -0.4 is 0 Å². The average Bonchev–Trinajstić information content (AvgIpc) is 2.54. The zero-order chi connectivity index (χ0) is 11.0. The highest BCUT2D eigenvalue weighted by molar-refractivity contribution is 5.14. The fourth-order valence-corrected chi connectivity index (χ4v) is 3.56. The highest BCUT2D eigenvalue weighted by atomic mass is 15.1. The SMILES string of the molecule is CC1[C@@H]2CC[C@H]1CN(Cc1ccccc1)C2. The van der Waals surface area contributed by atoms with Crippen LogP contribution >= 0.6 is 0 Å². The van der Waals surface area contributed by atoms with Crippen molar-refractivity contribution in [1.29, 1.82) is 0 Å². The molecule has 1 unspecified atom stereocenters. The maximum atomic E-state index is 2.66. The first kappa shape index (κ1) is 10.3. The van der Waals surface area contributed by atoms with Crippen LogP contribution in [0.2, 0.25) is 0 Å². The first-order chi connectivity index (χ1) is 7.83. The third-order valence-corrected chi connectivity index (χ3v) is 4.63. The van der Waals surface area contributed by atoms with Gasteiger partial charge in [-0.05, 0) is 36.2 Å². The second-order valence-electron chi connectivity index (χ2n) is 5.64. The van der Waals surface area contributed by atoms with Gasteiger partial charge in [0.25, 0.3) is 0 Å². The smallest absolute Gasteiger partial charge is 0.0233 e. The lowest BCUT2D eigenvalue weighted by Crippen LogP contribution is -2.40. The summed E-state index contributed by atoms with van der Waals surface area (Å²) in [5.74, 6) is 2.93. The molecule has 0 radical (unpaired) electrons. The van der Waals surface area contributed by atoms with E-state index in [4.69, 9.17) is 0 Å². The van der Waals surface area contributed by atoms with Crippen LogP contribution in [-0.4, -0.2) is 18.0 Å². The number of fused-ring (bicyclic) bond motifs is 2. The van der Waals surface area contributed by atoms with Crippen molar-refractivity contribution in [2.24, 2.45) is 17.8 Å². The maximum Gasteiger partial charge on any atom is 0.0233 e. The zero-order valence-electron chi connectivity index (χ0n) is 10.1. The molecular formula is C15H21N. The maximum absolute atomic E-state index is 2.66. The Morgan fingerprint density at radius 2 is 1.69 bits per heavy atom. The first-order valence-electron chi connectivity index (χ1n) is 6.59. The summed E-state index contributed by atoms with van der Waals surface area (Å²) in [6.07, 6.45) is 2.94. The van der Waals surface area contributed by atoms with Crippen LogP contribution in [0.25, 0.3) is 0 Å². The van der Waals surface area contributed by atoms with Crippen molar-refractivity contribution in [3.63, 3.8) is 0 Å². The number of hydrogen-bond acceptors (Lipinski definition) is 1. The van der Waals surface area contributed by atoms with E-state index in [2.05, 4.69) is 42.2 Å². The second-order valence-corrected chi connectivity index (χ2v) is 5.64. The van der Waals surface area contributed by atoms with Gasteiger partial charge in [-0.15, -0.1) is 0 Å². The van der Waals surface area contributed by atoms with Crippen LogP contribution in [0.15, 0.2) is 30.3 Å². The standard InChI is InChI=1S/C15H21N/c1-12-14-7-8-15(12)11-16(10-14)9-13-5-3-2-4-6-13/h2-6,12,14-15H,7-11H2,1H3/t12?,14-,15+.